The highest BCUT2D eigenvalue weighted by Gasteiger charge is 2.23. The number of carbonyl (C=O) groups is 1. The zero-order valence-corrected chi connectivity index (χ0v) is 16.5. The van der Waals surface area contributed by atoms with Gasteiger partial charge in [-0.3, -0.25) is 9.69 Å². The molecule has 1 amide bonds. The van der Waals surface area contributed by atoms with Crippen LogP contribution in [-0.4, -0.2) is 57.4 Å². The number of para-hydroxylation sites is 1. The molecule has 28 heavy (non-hydrogen) atoms. The van der Waals surface area contributed by atoms with Gasteiger partial charge in [0.15, 0.2) is 6.61 Å². The van der Waals surface area contributed by atoms with E-state index in [0.717, 1.165) is 35.7 Å². The highest BCUT2D eigenvalue weighted by atomic mass is 16.5. The molecule has 1 saturated heterocycles. The number of hydrogen-bond acceptors (Lipinski definition) is 5. The van der Waals surface area contributed by atoms with Gasteiger partial charge in [-0.1, -0.05) is 30.3 Å². The quantitative estimate of drug-likeness (QED) is 0.758. The van der Waals surface area contributed by atoms with Crippen LogP contribution in [0.4, 0.5) is 0 Å². The molecule has 0 unspecified atom stereocenters. The Morgan fingerprint density at radius 1 is 1.14 bits per heavy atom. The average molecular weight is 384 g/mol. The fourth-order valence-corrected chi connectivity index (χ4v) is 3.30. The summed E-state index contributed by atoms with van der Waals surface area (Å²) in [6.45, 7) is 5.57. The van der Waals surface area contributed by atoms with E-state index in [-0.39, 0.29) is 18.6 Å². The van der Waals surface area contributed by atoms with E-state index in [1.54, 1.807) is 7.11 Å². The Bertz CT molecular complexity index is 757. The minimum atomic E-state index is -0.130. The molecule has 1 N–H and O–H groups in total. The Morgan fingerprint density at radius 2 is 1.86 bits per heavy atom. The van der Waals surface area contributed by atoms with Crippen molar-refractivity contribution in [3.8, 4) is 11.5 Å². The molecule has 150 valence electrons. The molecule has 2 aromatic rings. The zero-order valence-electron chi connectivity index (χ0n) is 16.5. The van der Waals surface area contributed by atoms with Crippen molar-refractivity contribution in [2.24, 2.45) is 0 Å². The molecule has 1 heterocycles. The summed E-state index contributed by atoms with van der Waals surface area (Å²) < 4.78 is 16.4. The van der Waals surface area contributed by atoms with Crippen molar-refractivity contribution in [1.82, 2.24) is 10.2 Å². The number of nitrogens with zero attached hydrogens (tertiary/aromatic N) is 1. The first-order valence-corrected chi connectivity index (χ1v) is 9.58. The lowest BCUT2D eigenvalue weighted by Gasteiger charge is -2.35. The summed E-state index contributed by atoms with van der Waals surface area (Å²) in [7, 11) is 1.66. The van der Waals surface area contributed by atoms with E-state index in [9.17, 15) is 4.79 Å². The minimum Gasteiger partial charge on any atom is -0.497 e. The number of ether oxygens (including phenoxy) is 3. The monoisotopic (exact) mass is 384 g/mol. The third-order valence-electron chi connectivity index (χ3n) is 4.93. The highest BCUT2D eigenvalue weighted by molar-refractivity contribution is 5.77. The molecular weight excluding hydrogens is 356 g/mol. The highest BCUT2D eigenvalue weighted by Crippen LogP contribution is 2.23. The van der Waals surface area contributed by atoms with Gasteiger partial charge in [0.25, 0.3) is 5.91 Å². The van der Waals surface area contributed by atoms with E-state index in [1.165, 1.54) is 0 Å². The fourth-order valence-electron chi connectivity index (χ4n) is 3.30. The van der Waals surface area contributed by atoms with Crippen LogP contribution < -0.4 is 14.8 Å². The van der Waals surface area contributed by atoms with Crippen molar-refractivity contribution in [1.29, 1.82) is 0 Å². The first kappa shape index (κ1) is 20.2. The number of hydrogen-bond donors (Lipinski definition) is 1. The second kappa shape index (κ2) is 10.1. The van der Waals surface area contributed by atoms with Crippen LogP contribution in [0.25, 0.3) is 0 Å². The first-order valence-electron chi connectivity index (χ1n) is 9.58. The fraction of sp³-hybridized carbons (Fsp3) is 0.409. The molecule has 1 aliphatic heterocycles. The van der Waals surface area contributed by atoms with Crippen molar-refractivity contribution >= 4 is 5.91 Å². The predicted molar refractivity (Wildman–Crippen MR) is 108 cm³/mol. The van der Waals surface area contributed by atoms with Crippen molar-refractivity contribution in [3.63, 3.8) is 0 Å². The lowest BCUT2D eigenvalue weighted by molar-refractivity contribution is -0.123. The molecular formula is C22H28N2O4. The standard InChI is InChI=1S/C22H28N2O4/c1-17-5-3-4-6-21(17)28-16-22(25)23-15-20(24-11-13-27-14-12-24)18-7-9-19(26-2)10-8-18/h3-10,20H,11-16H2,1-2H3,(H,23,25)/t20-/m0/s1. The molecule has 3 rings (SSSR count). The molecule has 0 radical (unpaired) electrons. The van der Waals surface area contributed by atoms with Gasteiger partial charge in [-0.25, -0.2) is 0 Å². The number of nitrogens with one attached hydrogen (secondary N) is 1. The topological polar surface area (TPSA) is 60.0 Å². The number of methoxy groups -OCH3 is 1. The smallest absolute Gasteiger partial charge is 0.258 e. The Labute approximate surface area is 166 Å². The molecule has 1 atom stereocenters. The summed E-state index contributed by atoms with van der Waals surface area (Å²) >= 11 is 0. The number of amides is 1. The van der Waals surface area contributed by atoms with Gasteiger partial charge < -0.3 is 19.5 Å². The summed E-state index contributed by atoms with van der Waals surface area (Å²) in [4.78, 5) is 14.7. The summed E-state index contributed by atoms with van der Waals surface area (Å²) in [5.41, 5.74) is 2.16. The van der Waals surface area contributed by atoms with Crippen LogP contribution in [0.5, 0.6) is 11.5 Å². The van der Waals surface area contributed by atoms with Crippen molar-refractivity contribution < 1.29 is 19.0 Å². The molecule has 1 fully saturated rings. The summed E-state index contributed by atoms with van der Waals surface area (Å²) in [6, 6.07) is 15.8. The maximum Gasteiger partial charge on any atom is 0.258 e. The molecule has 0 spiro atoms. The van der Waals surface area contributed by atoms with Gasteiger partial charge in [0, 0.05) is 19.6 Å². The number of carbonyl (C=O) groups excluding carboxylic acids is 1. The van der Waals surface area contributed by atoms with Gasteiger partial charge in [0.2, 0.25) is 0 Å². The number of rotatable bonds is 8. The molecule has 0 aliphatic carbocycles. The SMILES string of the molecule is COc1ccc([C@H](CNC(=O)COc2ccccc2C)N2CCOCC2)cc1. The lowest BCUT2D eigenvalue weighted by atomic mass is 10.0. The van der Waals surface area contributed by atoms with E-state index in [4.69, 9.17) is 14.2 Å². The third kappa shape index (κ3) is 5.47. The molecule has 1 aliphatic rings. The second-order valence-corrected chi connectivity index (χ2v) is 6.80. The van der Waals surface area contributed by atoms with Crippen LogP contribution in [0.2, 0.25) is 0 Å². The third-order valence-corrected chi connectivity index (χ3v) is 4.93. The molecule has 0 aromatic heterocycles. The van der Waals surface area contributed by atoms with Crippen LogP contribution in [0.1, 0.15) is 17.2 Å². The first-order chi connectivity index (χ1) is 13.7. The number of morpholine rings is 1. The van der Waals surface area contributed by atoms with E-state index in [2.05, 4.69) is 22.3 Å². The predicted octanol–water partition coefficient (Wildman–Crippen LogP) is 2.57. The van der Waals surface area contributed by atoms with E-state index in [0.29, 0.717) is 19.8 Å². The van der Waals surface area contributed by atoms with Gasteiger partial charge in [-0.05, 0) is 36.2 Å². The van der Waals surface area contributed by atoms with Gasteiger partial charge in [0.1, 0.15) is 11.5 Å². The van der Waals surface area contributed by atoms with Crippen LogP contribution >= 0.6 is 0 Å². The van der Waals surface area contributed by atoms with Crippen molar-refractivity contribution in [2.45, 2.75) is 13.0 Å². The molecule has 2 aromatic carbocycles. The van der Waals surface area contributed by atoms with Gasteiger partial charge in [-0.2, -0.15) is 0 Å². The van der Waals surface area contributed by atoms with Gasteiger partial charge in [-0.15, -0.1) is 0 Å². The number of aryl methyl sites for hydroxylation is 1. The maximum absolute atomic E-state index is 12.3. The largest absolute Gasteiger partial charge is 0.497 e. The normalized spacial score (nSPS) is 15.6. The Hall–Kier alpha value is -2.57. The molecule has 0 bridgehead atoms. The number of benzene rings is 2. The van der Waals surface area contributed by atoms with Crippen molar-refractivity contribution in [3.05, 3.63) is 59.7 Å². The Morgan fingerprint density at radius 3 is 2.54 bits per heavy atom. The van der Waals surface area contributed by atoms with Crippen LogP contribution in [0.15, 0.2) is 48.5 Å². The molecule has 0 saturated carbocycles. The lowest BCUT2D eigenvalue weighted by Crippen LogP contribution is -2.44. The van der Waals surface area contributed by atoms with E-state index in [1.807, 2.05) is 43.3 Å². The Balaban J connectivity index is 1.60. The maximum atomic E-state index is 12.3. The van der Waals surface area contributed by atoms with Crippen LogP contribution in [0.3, 0.4) is 0 Å². The summed E-state index contributed by atoms with van der Waals surface area (Å²) in [5.74, 6) is 1.42. The minimum absolute atomic E-state index is 0.00327. The van der Waals surface area contributed by atoms with Gasteiger partial charge >= 0.3 is 0 Å². The summed E-state index contributed by atoms with van der Waals surface area (Å²) in [6.07, 6.45) is 0. The second-order valence-electron chi connectivity index (χ2n) is 6.80. The van der Waals surface area contributed by atoms with Crippen LogP contribution in [-0.2, 0) is 9.53 Å². The molecule has 6 heteroatoms. The average Bonchev–Trinajstić information content (AvgIpc) is 2.74. The zero-order chi connectivity index (χ0) is 19.8. The Kier molecular flexibility index (Phi) is 7.28. The van der Waals surface area contributed by atoms with Crippen LogP contribution in [0, 0.1) is 6.92 Å². The summed E-state index contributed by atoms with van der Waals surface area (Å²) in [5, 5.41) is 3.02. The van der Waals surface area contributed by atoms with Gasteiger partial charge in [0.05, 0.1) is 26.4 Å². The van der Waals surface area contributed by atoms with E-state index >= 15 is 0 Å². The van der Waals surface area contributed by atoms with E-state index < -0.39 is 0 Å². The van der Waals surface area contributed by atoms with Crippen molar-refractivity contribution in [2.75, 3.05) is 46.6 Å². The molecule has 6 nitrogen and oxygen atoms in total.